The number of hydrogen-bond donors (Lipinski definition) is 2. The smallest absolute Gasteiger partial charge is 0.289 e. The Morgan fingerprint density at radius 3 is 2.65 bits per heavy atom. The first-order chi connectivity index (χ1) is 9.61. The van der Waals surface area contributed by atoms with E-state index >= 15 is 0 Å². The lowest BCUT2D eigenvalue weighted by Crippen LogP contribution is -2.30. The summed E-state index contributed by atoms with van der Waals surface area (Å²) < 4.78 is 1.39. The lowest BCUT2D eigenvalue weighted by Gasteiger charge is -2.10. The van der Waals surface area contributed by atoms with Crippen LogP contribution < -0.4 is 16.5 Å². The minimum atomic E-state index is -0.440. The number of aryl methyl sites for hydroxylation is 1. The molecule has 7 heteroatoms. The van der Waals surface area contributed by atoms with Gasteiger partial charge in [0.05, 0.1) is 12.2 Å². The topological polar surface area (TPSA) is 71.8 Å². The minimum absolute atomic E-state index is 0.174. The van der Waals surface area contributed by atoms with Gasteiger partial charge < -0.3 is 0 Å². The zero-order chi connectivity index (χ0) is 14.5. The summed E-state index contributed by atoms with van der Waals surface area (Å²) in [6, 6.07) is 6.85. The van der Waals surface area contributed by atoms with Gasteiger partial charge in [0, 0.05) is 5.02 Å². The molecule has 2 N–H and O–H groups in total. The number of benzene rings is 1. The predicted octanol–water partition coefficient (Wildman–Crippen LogP) is 1.14. The van der Waals surface area contributed by atoms with Crippen LogP contribution >= 0.6 is 11.6 Å². The van der Waals surface area contributed by atoms with Crippen molar-refractivity contribution in [3.05, 3.63) is 45.6 Å². The van der Waals surface area contributed by atoms with Gasteiger partial charge in [-0.1, -0.05) is 17.5 Å². The molecule has 0 fully saturated rings. The van der Waals surface area contributed by atoms with Crippen LogP contribution in [0.3, 0.4) is 0 Å². The van der Waals surface area contributed by atoms with Crippen LogP contribution in [0.15, 0.2) is 29.1 Å². The van der Waals surface area contributed by atoms with Gasteiger partial charge in [0.1, 0.15) is 5.82 Å². The fraction of sp³-hybridized carbons (Fsp3) is 0.154. The molecule has 0 amide bonds. The highest BCUT2D eigenvalue weighted by atomic mass is 35.5. The first-order valence-electron chi connectivity index (χ1n) is 5.78. The van der Waals surface area contributed by atoms with Crippen LogP contribution in [0.4, 0.5) is 5.95 Å². The standard InChI is InChI=1S/C13H12ClN5O/c1-3-8-15-18-12-16-9(2)19(13(20)17-12)11-6-4-10(14)5-7-11/h1,4-7,15H,8H2,2H3,(H,17,18,20). The SMILES string of the molecule is C#CCNNc1nc(C)n(-c2ccc(Cl)cc2)c(=O)n1. The van der Waals surface area contributed by atoms with Crippen molar-refractivity contribution < 1.29 is 0 Å². The Hall–Kier alpha value is -2.36. The maximum atomic E-state index is 12.0. The molecule has 6 nitrogen and oxygen atoms in total. The van der Waals surface area contributed by atoms with Crippen molar-refractivity contribution in [1.82, 2.24) is 20.0 Å². The van der Waals surface area contributed by atoms with E-state index in [1.165, 1.54) is 4.57 Å². The average Bonchev–Trinajstić information content (AvgIpc) is 2.40. The Bertz CT molecular complexity index is 702. The molecule has 0 spiro atoms. The zero-order valence-corrected chi connectivity index (χ0v) is 11.5. The number of nitrogens with one attached hydrogen (secondary N) is 2. The van der Waals surface area contributed by atoms with E-state index in [4.69, 9.17) is 18.0 Å². The number of aromatic nitrogens is 3. The van der Waals surface area contributed by atoms with E-state index in [0.717, 1.165) is 0 Å². The largest absolute Gasteiger partial charge is 0.356 e. The van der Waals surface area contributed by atoms with Gasteiger partial charge in [0.15, 0.2) is 0 Å². The molecule has 0 aliphatic rings. The molecular formula is C13H12ClN5O. The number of nitrogens with zero attached hydrogens (tertiary/aromatic N) is 3. The summed E-state index contributed by atoms with van der Waals surface area (Å²) in [6.07, 6.45) is 5.09. The highest BCUT2D eigenvalue weighted by Crippen LogP contribution is 2.13. The van der Waals surface area contributed by atoms with Crippen LogP contribution in [0.25, 0.3) is 5.69 Å². The molecule has 1 heterocycles. The number of rotatable bonds is 4. The molecule has 2 rings (SSSR count). The third-order valence-electron chi connectivity index (χ3n) is 2.46. The fourth-order valence-electron chi connectivity index (χ4n) is 1.62. The molecule has 1 aromatic carbocycles. The maximum Gasteiger partial charge on any atom is 0.356 e. The molecular weight excluding hydrogens is 278 g/mol. The van der Waals surface area contributed by atoms with E-state index < -0.39 is 5.69 Å². The van der Waals surface area contributed by atoms with Crippen molar-refractivity contribution in [2.45, 2.75) is 6.92 Å². The second kappa shape index (κ2) is 6.19. The summed E-state index contributed by atoms with van der Waals surface area (Å²) in [4.78, 5) is 20.1. The molecule has 0 saturated carbocycles. The van der Waals surface area contributed by atoms with Crippen LogP contribution in [0.1, 0.15) is 5.82 Å². The number of anilines is 1. The van der Waals surface area contributed by atoms with E-state index in [1.807, 2.05) is 0 Å². The molecule has 0 atom stereocenters. The second-order valence-corrected chi connectivity index (χ2v) is 4.31. The highest BCUT2D eigenvalue weighted by molar-refractivity contribution is 6.30. The van der Waals surface area contributed by atoms with Crippen LogP contribution in [-0.4, -0.2) is 21.1 Å². The molecule has 1 aromatic heterocycles. The first kappa shape index (κ1) is 14.1. The summed E-state index contributed by atoms with van der Waals surface area (Å²) >= 11 is 5.82. The molecule has 0 bridgehead atoms. The molecule has 2 aromatic rings. The van der Waals surface area contributed by atoms with Crippen molar-refractivity contribution in [1.29, 1.82) is 0 Å². The summed E-state index contributed by atoms with van der Waals surface area (Å²) in [7, 11) is 0. The Balaban J connectivity index is 2.34. The number of halogens is 1. The van der Waals surface area contributed by atoms with Gasteiger partial charge in [-0.3, -0.25) is 5.43 Å². The molecule has 20 heavy (non-hydrogen) atoms. The maximum absolute atomic E-state index is 12.0. The quantitative estimate of drug-likeness (QED) is 0.502. The van der Waals surface area contributed by atoms with Crippen molar-refractivity contribution in [2.24, 2.45) is 0 Å². The number of hydrogen-bond acceptors (Lipinski definition) is 5. The molecule has 0 aliphatic carbocycles. The van der Waals surface area contributed by atoms with Crippen LogP contribution in [0.5, 0.6) is 0 Å². The van der Waals surface area contributed by atoms with Gasteiger partial charge in [-0.05, 0) is 31.2 Å². The Morgan fingerprint density at radius 2 is 2.05 bits per heavy atom. The lowest BCUT2D eigenvalue weighted by atomic mass is 10.3. The number of hydrazine groups is 1. The van der Waals surface area contributed by atoms with E-state index in [0.29, 0.717) is 23.1 Å². The van der Waals surface area contributed by atoms with Gasteiger partial charge in [-0.25, -0.2) is 14.8 Å². The monoisotopic (exact) mass is 289 g/mol. The lowest BCUT2D eigenvalue weighted by molar-refractivity contribution is 0.787. The highest BCUT2D eigenvalue weighted by Gasteiger charge is 2.08. The van der Waals surface area contributed by atoms with E-state index in [2.05, 4.69) is 26.7 Å². The third-order valence-corrected chi connectivity index (χ3v) is 2.71. The predicted molar refractivity (Wildman–Crippen MR) is 77.8 cm³/mol. The van der Waals surface area contributed by atoms with Crippen molar-refractivity contribution in [2.75, 3.05) is 12.0 Å². The van der Waals surface area contributed by atoms with Gasteiger partial charge >= 0.3 is 5.69 Å². The minimum Gasteiger partial charge on any atom is -0.289 e. The van der Waals surface area contributed by atoms with E-state index in [9.17, 15) is 4.79 Å². The summed E-state index contributed by atoms with van der Waals surface area (Å²) in [5.41, 5.74) is 5.57. The van der Waals surface area contributed by atoms with Crippen LogP contribution in [0, 0.1) is 19.3 Å². The van der Waals surface area contributed by atoms with Crippen molar-refractivity contribution >= 4 is 17.5 Å². The Labute approximate surface area is 120 Å². The van der Waals surface area contributed by atoms with Crippen LogP contribution in [0.2, 0.25) is 5.02 Å². The third kappa shape index (κ3) is 3.15. The summed E-state index contributed by atoms with van der Waals surface area (Å²) in [6.45, 7) is 2.01. The van der Waals surface area contributed by atoms with Gasteiger partial charge in [0.2, 0.25) is 5.95 Å². The van der Waals surface area contributed by atoms with Crippen molar-refractivity contribution in [3.8, 4) is 18.0 Å². The zero-order valence-electron chi connectivity index (χ0n) is 10.7. The molecule has 0 saturated heterocycles. The number of terminal acetylenes is 1. The molecule has 0 aliphatic heterocycles. The average molecular weight is 290 g/mol. The summed E-state index contributed by atoms with van der Waals surface area (Å²) in [5, 5.41) is 0.595. The molecule has 0 unspecified atom stereocenters. The Morgan fingerprint density at radius 1 is 1.35 bits per heavy atom. The normalized spacial score (nSPS) is 10.1. The molecule has 102 valence electrons. The van der Waals surface area contributed by atoms with Gasteiger partial charge in [-0.15, -0.1) is 6.42 Å². The van der Waals surface area contributed by atoms with Crippen molar-refractivity contribution in [3.63, 3.8) is 0 Å². The van der Waals surface area contributed by atoms with Gasteiger partial charge in [-0.2, -0.15) is 9.97 Å². The van der Waals surface area contributed by atoms with Crippen LogP contribution in [-0.2, 0) is 0 Å². The van der Waals surface area contributed by atoms with E-state index in [1.54, 1.807) is 31.2 Å². The first-order valence-corrected chi connectivity index (χ1v) is 6.15. The van der Waals surface area contributed by atoms with E-state index in [-0.39, 0.29) is 5.95 Å². The Kier molecular flexibility index (Phi) is 4.35. The van der Waals surface area contributed by atoms with Gasteiger partial charge in [0.25, 0.3) is 0 Å². The summed E-state index contributed by atoms with van der Waals surface area (Å²) in [5.74, 6) is 3.06. The second-order valence-electron chi connectivity index (χ2n) is 3.87. The molecule has 0 radical (unpaired) electrons. The fourth-order valence-corrected chi connectivity index (χ4v) is 1.75.